The molecule has 0 radical (unpaired) electrons. The second-order valence-corrected chi connectivity index (χ2v) is 6.80. The molecule has 2 amide bonds. The van der Waals surface area contributed by atoms with Crippen LogP contribution in [0.3, 0.4) is 0 Å². The van der Waals surface area contributed by atoms with Crippen molar-refractivity contribution >= 4 is 52.0 Å². The lowest BCUT2D eigenvalue weighted by Crippen LogP contribution is -2.27. The summed E-state index contributed by atoms with van der Waals surface area (Å²) in [7, 11) is 0. The SMILES string of the molecule is O=C1CC(=O)N(c2cccc(-c3nc(=S)o[nH]3)n2)c2ccc3ccccc3c2N1. The van der Waals surface area contributed by atoms with Gasteiger partial charge in [0, 0.05) is 5.39 Å². The fraction of sp³-hybridized carbons (Fsp3) is 0.0500. The summed E-state index contributed by atoms with van der Waals surface area (Å²) in [5.41, 5.74) is 1.59. The van der Waals surface area contributed by atoms with Crippen molar-refractivity contribution in [2.45, 2.75) is 6.42 Å². The summed E-state index contributed by atoms with van der Waals surface area (Å²) in [6, 6.07) is 16.5. The van der Waals surface area contributed by atoms with Crippen molar-refractivity contribution in [2.75, 3.05) is 10.2 Å². The van der Waals surface area contributed by atoms with Crippen molar-refractivity contribution in [1.29, 1.82) is 0 Å². The predicted octanol–water partition coefficient (Wildman–Crippen LogP) is 3.95. The number of amides is 2. The first-order valence-corrected chi connectivity index (χ1v) is 9.18. The average molecular weight is 403 g/mol. The number of nitrogens with one attached hydrogen (secondary N) is 2. The minimum absolute atomic E-state index is 0.0599. The van der Waals surface area contributed by atoms with E-state index in [2.05, 4.69) is 20.4 Å². The molecule has 0 aliphatic carbocycles. The Morgan fingerprint density at radius 1 is 1.00 bits per heavy atom. The maximum absolute atomic E-state index is 12.9. The second-order valence-electron chi connectivity index (χ2n) is 6.45. The van der Waals surface area contributed by atoms with Crippen LogP contribution in [-0.2, 0) is 9.59 Å². The van der Waals surface area contributed by atoms with Gasteiger partial charge in [-0.05, 0) is 35.8 Å². The Bertz CT molecular complexity index is 1340. The molecule has 0 saturated carbocycles. The Labute approximate surface area is 169 Å². The van der Waals surface area contributed by atoms with E-state index in [0.29, 0.717) is 28.7 Å². The lowest BCUT2D eigenvalue weighted by molar-refractivity contribution is -0.124. The van der Waals surface area contributed by atoms with Gasteiger partial charge in [0.2, 0.25) is 11.8 Å². The zero-order chi connectivity index (χ0) is 20.0. The van der Waals surface area contributed by atoms with E-state index < -0.39 is 0 Å². The molecule has 4 aromatic rings. The van der Waals surface area contributed by atoms with Crippen LogP contribution in [0.2, 0.25) is 0 Å². The highest BCUT2D eigenvalue weighted by Gasteiger charge is 2.29. The molecule has 0 saturated heterocycles. The number of hydrogen-bond acceptors (Lipinski definition) is 6. The van der Waals surface area contributed by atoms with Crippen LogP contribution in [0.5, 0.6) is 0 Å². The molecule has 9 heteroatoms. The predicted molar refractivity (Wildman–Crippen MR) is 109 cm³/mol. The Morgan fingerprint density at radius 3 is 2.69 bits per heavy atom. The first-order chi connectivity index (χ1) is 14.1. The smallest absolute Gasteiger partial charge is 0.314 e. The molecule has 29 heavy (non-hydrogen) atoms. The molecule has 0 fully saturated rings. The van der Waals surface area contributed by atoms with Gasteiger partial charge in [0.25, 0.3) is 0 Å². The fourth-order valence-corrected chi connectivity index (χ4v) is 3.51. The van der Waals surface area contributed by atoms with Crippen LogP contribution in [0.4, 0.5) is 17.2 Å². The van der Waals surface area contributed by atoms with Crippen LogP contribution in [0.1, 0.15) is 6.42 Å². The van der Waals surface area contributed by atoms with Gasteiger partial charge < -0.3 is 9.84 Å². The van der Waals surface area contributed by atoms with Gasteiger partial charge in [0.05, 0.1) is 11.4 Å². The summed E-state index contributed by atoms with van der Waals surface area (Å²) in [6.07, 6.45) is -0.290. The third kappa shape index (κ3) is 2.97. The molecule has 0 atom stereocenters. The maximum atomic E-state index is 12.9. The van der Waals surface area contributed by atoms with E-state index in [9.17, 15) is 9.59 Å². The van der Waals surface area contributed by atoms with Gasteiger partial charge >= 0.3 is 4.84 Å². The van der Waals surface area contributed by atoms with Gasteiger partial charge in [-0.25, -0.2) is 4.98 Å². The molecular formula is C20H13N5O3S. The highest BCUT2D eigenvalue weighted by Crippen LogP contribution is 2.39. The first-order valence-electron chi connectivity index (χ1n) is 8.78. The molecule has 0 unspecified atom stereocenters. The normalized spacial score (nSPS) is 13.9. The van der Waals surface area contributed by atoms with Crippen LogP contribution in [0.25, 0.3) is 22.3 Å². The summed E-state index contributed by atoms with van der Waals surface area (Å²) >= 11 is 4.89. The maximum Gasteiger partial charge on any atom is 0.314 e. The molecule has 8 nitrogen and oxygen atoms in total. The quantitative estimate of drug-likeness (QED) is 0.388. The number of carbonyl (C=O) groups is 2. The third-order valence-electron chi connectivity index (χ3n) is 4.62. The minimum Gasteiger partial charge on any atom is -0.348 e. The van der Waals surface area contributed by atoms with Crippen LogP contribution < -0.4 is 10.2 Å². The molecule has 142 valence electrons. The fourth-order valence-electron chi connectivity index (χ4n) is 3.38. The first kappa shape index (κ1) is 17.3. The molecule has 1 aliphatic rings. The van der Waals surface area contributed by atoms with Crippen molar-refractivity contribution in [3.05, 3.63) is 59.4 Å². The lowest BCUT2D eigenvalue weighted by atomic mass is 10.1. The number of benzene rings is 2. The topological polar surface area (TPSA) is 104 Å². The summed E-state index contributed by atoms with van der Waals surface area (Å²) < 4.78 is 4.97. The molecule has 2 aromatic heterocycles. The molecule has 0 spiro atoms. The monoisotopic (exact) mass is 403 g/mol. The van der Waals surface area contributed by atoms with E-state index in [-0.39, 0.29) is 23.1 Å². The molecule has 0 bridgehead atoms. The molecule has 2 N–H and O–H groups in total. The van der Waals surface area contributed by atoms with Crippen molar-refractivity contribution < 1.29 is 14.1 Å². The van der Waals surface area contributed by atoms with Gasteiger partial charge in [0.1, 0.15) is 17.9 Å². The van der Waals surface area contributed by atoms with E-state index in [1.54, 1.807) is 24.3 Å². The zero-order valence-electron chi connectivity index (χ0n) is 14.9. The number of nitrogens with zero attached hydrogens (tertiary/aromatic N) is 3. The Hall–Kier alpha value is -3.85. The lowest BCUT2D eigenvalue weighted by Gasteiger charge is -2.22. The van der Waals surface area contributed by atoms with Crippen molar-refractivity contribution in [3.8, 4) is 11.5 Å². The van der Waals surface area contributed by atoms with Crippen LogP contribution >= 0.6 is 12.2 Å². The number of fused-ring (bicyclic) bond motifs is 3. The second kappa shape index (κ2) is 6.64. The van der Waals surface area contributed by atoms with E-state index in [1.165, 1.54) is 4.90 Å². The molecule has 1 aliphatic heterocycles. The molecule has 5 rings (SSSR count). The van der Waals surface area contributed by atoms with Crippen molar-refractivity contribution in [1.82, 2.24) is 15.1 Å². The Balaban J connectivity index is 1.71. The number of pyridine rings is 1. The number of aromatic nitrogens is 3. The highest BCUT2D eigenvalue weighted by molar-refractivity contribution is 7.71. The van der Waals surface area contributed by atoms with Gasteiger partial charge in [-0.3, -0.25) is 14.5 Å². The Morgan fingerprint density at radius 2 is 1.86 bits per heavy atom. The van der Waals surface area contributed by atoms with E-state index in [1.807, 2.05) is 30.3 Å². The van der Waals surface area contributed by atoms with Gasteiger partial charge in [0.15, 0.2) is 5.82 Å². The largest absolute Gasteiger partial charge is 0.348 e. The summed E-state index contributed by atoms with van der Waals surface area (Å²) in [4.78, 5) is 35.4. The van der Waals surface area contributed by atoms with Crippen LogP contribution in [-0.4, -0.2) is 26.9 Å². The van der Waals surface area contributed by atoms with E-state index in [0.717, 1.165) is 10.8 Å². The summed E-state index contributed by atoms with van der Waals surface area (Å²) in [5.74, 6) is -0.0315. The molecule has 3 heterocycles. The van der Waals surface area contributed by atoms with E-state index in [4.69, 9.17) is 16.7 Å². The van der Waals surface area contributed by atoms with Crippen molar-refractivity contribution in [2.24, 2.45) is 0 Å². The van der Waals surface area contributed by atoms with Crippen LogP contribution in [0.15, 0.2) is 59.1 Å². The standard InChI is InChI=1S/C20H13N5O3S/c26-16-10-17(27)25(14-9-8-11-4-1-2-5-12(11)18(14)22-16)15-7-3-6-13(21-15)19-23-20(29)28-24-19/h1-9H,10H2,(H,22,26)(H,23,24,29). The number of H-pyrrole nitrogens is 1. The average Bonchev–Trinajstić information content (AvgIpc) is 3.10. The van der Waals surface area contributed by atoms with E-state index >= 15 is 0 Å². The number of carbonyl (C=O) groups excluding carboxylic acids is 2. The minimum atomic E-state index is -0.380. The zero-order valence-corrected chi connectivity index (χ0v) is 15.7. The Kier molecular flexibility index (Phi) is 3.95. The number of anilines is 3. The summed E-state index contributed by atoms with van der Waals surface area (Å²) in [6.45, 7) is 0. The number of hydrogen-bond donors (Lipinski definition) is 2. The third-order valence-corrected chi connectivity index (χ3v) is 4.79. The summed E-state index contributed by atoms with van der Waals surface area (Å²) in [5, 5.41) is 7.27. The number of aromatic amines is 1. The highest BCUT2D eigenvalue weighted by atomic mass is 32.1. The molecular weight excluding hydrogens is 390 g/mol. The van der Waals surface area contributed by atoms with Gasteiger partial charge in [-0.1, -0.05) is 36.4 Å². The molecule has 2 aromatic carbocycles. The van der Waals surface area contributed by atoms with Gasteiger partial charge in [-0.15, -0.1) is 0 Å². The van der Waals surface area contributed by atoms with Gasteiger partial charge in [-0.2, -0.15) is 10.1 Å². The van der Waals surface area contributed by atoms with Crippen molar-refractivity contribution in [3.63, 3.8) is 0 Å². The number of rotatable bonds is 2. The van der Waals surface area contributed by atoms with Crippen LogP contribution in [0, 0.1) is 4.84 Å².